The topological polar surface area (TPSA) is 79.1 Å². The van der Waals surface area contributed by atoms with E-state index < -0.39 is 5.97 Å². The van der Waals surface area contributed by atoms with Crippen molar-refractivity contribution in [3.63, 3.8) is 0 Å². The number of aromatic amines is 1. The Balaban J connectivity index is 0.000000354. The third-order valence-corrected chi connectivity index (χ3v) is 4.13. The number of rotatable bonds is 1. The van der Waals surface area contributed by atoms with Crippen molar-refractivity contribution >= 4 is 16.9 Å². The van der Waals surface area contributed by atoms with Gasteiger partial charge in [0.05, 0.1) is 0 Å². The van der Waals surface area contributed by atoms with Crippen molar-refractivity contribution < 1.29 is 9.90 Å². The number of hydrogen-bond donors (Lipinski definition) is 3. The van der Waals surface area contributed by atoms with Gasteiger partial charge in [0.15, 0.2) is 0 Å². The van der Waals surface area contributed by atoms with Crippen LogP contribution in [0, 0.1) is 0 Å². The van der Waals surface area contributed by atoms with Crippen molar-refractivity contribution in [1.29, 1.82) is 0 Å². The summed E-state index contributed by atoms with van der Waals surface area (Å²) in [5, 5.41) is 8.76. The molecule has 0 aliphatic heterocycles. The zero-order chi connectivity index (χ0) is 16.4. The quantitative estimate of drug-likeness (QED) is 0.638. The fourth-order valence-electron chi connectivity index (χ4n) is 3.21. The van der Waals surface area contributed by atoms with Gasteiger partial charge in [0.2, 0.25) is 0 Å². The molecule has 1 unspecified atom stereocenters. The van der Waals surface area contributed by atoms with Crippen LogP contribution in [0.15, 0.2) is 48.5 Å². The highest BCUT2D eigenvalue weighted by Gasteiger charge is 2.23. The lowest BCUT2D eigenvalue weighted by atomic mass is 9.87. The van der Waals surface area contributed by atoms with Gasteiger partial charge in [0.25, 0.3) is 5.97 Å². The molecule has 4 heteroatoms. The molecule has 0 amide bonds. The van der Waals surface area contributed by atoms with Gasteiger partial charge in [-0.15, -0.1) is 0 Å². The van der Waals surface area contributed by atoms with Crippen LogP contribution in [0.3, 0.4) is 0 Å². The Hall–Kier alpha value is -2.59. The van der Waals surface area contributed by atoms with Crippen LogP contribution < -0.4 is 5.73 Å². The second kappa shape index (κ2) is 6.26. The molecule has 1 aromatic heterocycles. The molecule has 0 saturated carbocycles. The number of H-pyrrole nitrogens is 1. The summed E-state index contributed by atoms with van der Waals surface area (Å²) >= 11 is 0. The summed E-state index contributed by atoms with van der Waals surface area (Å²) in [4.78, 5) is 12.6. The van der Waals surface area contributed by atoms with E-state index in [4.69, 9.17) is 15.6 Å². The molecule has 118 valence electrons. The van der Waals surface area contributed by atoms with Crippen LogP contribution in [0.25, 0.3) is 22.2 Å². The second-order valence-electron chi connectivity index (χ2n) is 5.78. The predicted molar refractivity (Wildman–Crippen MR) is 92.3 cm³/mol. The number of benzene rings is 2. The Bertz CT molecular complexity index is 833. The van der Waals surface area contributed by atoms with Crippen molar-refractivity contribution in [2.24, 2.45) is 5.73 Å². The number of nitrogens with two attached hydrogens (primary N) is 1. The minimum absolute atomic E-state index is 0.177. The summed E-state index contributed by atoms with van der Waals surface area (Å²) < 4.78 is 0. The van der Waals surface area contributed by atoms with Gasteiger partial charge in [-0.05, 0) is 35.6 Å². The predicted octanol–water partition coefficient (Wildman–Crippen LogP) is 3.87. The van der Waals surface area contributed by atoms with E-state index in [1.807, 2.05) is 0 Å². The van der Waals surface area contributed by atoms with Crippen molar-refractivity contribution in [2.75, 3.05) is 0 Å². The van der Waals surface area contributed by atoms with Crippen LogP contribution >= 0.6 is 0 Å². The van der Waals surface area contributed by atoms with E-state index in [0.717, 1.165) is 19.8 Å². The maximum Gasteiger partial charge on any atom is 0.300 e. The van der Waals surface area contributed by atoms with Crippen LogP contribution in [0.4, 0.5) is 0 Å². The summed E-state index contributed by atoms with van der Waals surface area (Å²) in [6.45, 7) is 1.08. The fraction of sp³-hybridized carbons (Fsp3) is 0.211. The summed E-state index contributed by atoms with van der Waals surface area (Å²) in [5.74, 6) is -0.833. The first-order chi connectivity index (χ1) is 11.1. The van der Waals surface area contributed by atoms with Gasteiger partial charge in [0, 0.05) is 29.6 Å². The van der Waals surface area contributed by atoms with E-state index in [0.29, 0.717) is 0 Å². The van der Waals surface area contributed by atoms with Gasteiger partial charge in [-0.3, -0.25) is 4.79 Å². The highest BCUT2D eigenvalue weighted by molar-refractivity contribution is 5.94. The Kier molecular flexibility index (Phi) is 4.17. The summed E-state index contributed by atoms with van der Waals surface area (Å²) in [6.07, 6.45) is 2.09. The SMILES string of the molecule is CC(=O)O.NC1CCc2c(-c3ccccc3)[nH]c3cccc1c23. The van der Waals surface area contributed by atoms with Crippen molar-refractivity contribution in [3.05, 3.63) is 59.7 Å². The molecule has 1 heterocycles. The molecule has 4 nitrogen and oxygen atoms in total. The summed E-state index contributed by atoms with van der Waals surface area (Å²) in [7, 11) is 0. The molecule has 23 heavy (non-hydrogen) atoms. The Morgan fingerprint density at radius 3 is 2.57 bits per heavy atom. The lowest BCUT2D eigenvalue weighted by Gasteiger charge is -2.20. The molecule has 1 atom stereocenters. The van der Waals surface area contributed by atoms with E-state index in [1.165, 1.54) is 33.3 Å². The molecule has 0 bridgehead atoms. The van der Waals surface area contributed by atoms with Crippen molar-refractivity contribution in [3.8, 4) is 11.3 Å². The standard InChI is InChI=1S/C17H16N2.C2H4O2/c18-14-10-9-13-16-12(14)7-4-8-15(16)19-17(13)11-5-2-1-3-6-11;1-2(3)4/h1-8,14,19H,9-10,18H2;1H3,(H,3,4). The van der Waals surface area contributed by atoms with Gasteiger partial charge in [-0.25, -0.2) is 0 Å². The monoisotopic (exact) mass is 308 g/mol. The third-order valence-electron chi connectivity index (χ3n) is 4.13. The highest BCUT2D eigenvalue weighted by atomic mass is 16.4. The van der Waals surface area contributed by atoms with Crippen LogP contribution in [0.5, 0.6) is 0 Å². The minimum Gasteiger partial charge on any atom is -0.481 e. The van der Waals surface area contributed by atoms with Crippen molar-refractivity contribution in [2.45, 2.75) is 25.8 Å². The number of hydrogen-bond acceptors (Lipinski definition) is 2. The normalized spacial score (nSPS) is 15.8. The number of carbonyl (C=O) groups is 1. The molecule has 1 aliphatic carbocycles. The second-order valence-corrected chi connectivity index (χ2v) is 5.78. The van der Waals surface area contributed by atoms with Crippen LogP contribution in [-0.4, -0.2) is 16.1 Å². The number of carboxylic acids is 1. The molecule has 0 spiro atoms. The summed E-state index contributed by atoms with van der Waals surface area (Å²) in [5.41, 5.74) is 12.7. The van der Waals surface area contributed by atoms with E-state index in [9.17, 15) is 0 Å². The molecular formula is C19H20N2O2. The van der Waals surface area contributed by atoms with Crippen molar-refractivity contribution in [1.82, 2.24) is 4.98 Å². The zero-order valence-corrected chi connectivity index (χ0v) is 13.0. The molecule has 0 radical (unpaired) electrons. The first-order valence-electron chi connectivity index (χ1n) is 7.72. The molecule has 4 N–H and O–H groups in total. The maximum absolute atomic E-state index is 9.00. The van der Waals surface area contributed by atoms with Crippen LogP contribution in [0.1, 0.15) is 30.5 Å². The summed E-state index contributed by atoms with van der Waals surface area (Å²) in [6, 6.07) is 17.1. The van der Waals surface area contributed by atoms with Gasteiger partial charge in [-0.2, -0.15) is 0 Å². The first kappa shape index (κ1) is 15.3. The highest BCUT2D eigenvalue weighted by Crippen LogP contribution is 2.39. The largest absolute Gasteiger partial charge is 0.481 e. The molecule has 0 fully saturated rings. The first-order valence-corrected chi connectivity index (χ1v) is 7.72. The molecule has 0 saturated heterocycles. The Labute approximate surface area is 134 Å². The van der Waals surface area contributed by atoms with Gasteiger partial charge in [-0.1, -0.05) is 42.5 Å². The van der Waals surface area contributed by atoms with Crippen LogP contribution in [-0.2, 0) is 11.2 Å². The van der Waals surface area contributed by atoms with E-state index in [-0.39, 0.29) is 6.04 Å². The van der Waals surface area contributed by atoms with Gasteiger partial charge < -0.3 is 15.8 Å². The number of aromatic nitrogens is 1. The average molecular weight is 308 g/mol. The lowest BCUT2D eigenvalue weighted by molar-refractivity contribution is -0.134. The Morgan fingerprint density at radius 1 is 1.17 bits per heavy atom. The number of nitrogens with one attached hydrogen (secondary N) is 1. The number of carboxylic acid groups (broad SMARTS) is 1. The third kappa shape index (κ3) is 2.98. The van der Waals surface area contributed by atoms with E-state index in [1.54, 1.807) is 0 Å². The minimum atomic E-state index is -0.833. The molecule has 4 rings (SSSR count). The number of aryl methyl sites for hydroxylation is 1. The Morgan fingerprint density at radius 2 is 1.87 bits per heavy atom. The average Bonchev–Trinajstić information content (AvgIpc) is 2.91. The molecule has 2 aromatic carbocycles. The zero-order valence-electron chi connectivity index (χ0n) is 13.0. The smallest absolute Gasteiger partial charge is 0.300 e. The van der Waals surface area contributed by atoms with Gasteiger partial charge in [0.1, 0.15) is 0 Å². The van der Waals surface area contributed by atoms with Crippen LogP contribution in [0.2, 0.25) is 0 Å². The van der Waals surface area contributed by atoms with E-state index in [2.05, 4.69) is 53.5 Å². The fourth-order valence-corrected chi connectivity index (χ4v) is 3.21. The lowest BCUT2D eigenvalue weighted by Crippen LogP contribution is -2.15. The molecule has 3 aromatic rings. The van der Waals surface area contributed by atoms with Gasteiger partial charge >= 0.3 is 0 Å². The van der Waals surface area contributed by atoms with E-state index >= 15 is 0 Å². The maximum atomic E-state index is 9.00. The molecular weight excluding hydrogens is 288 g/mol. The number of aliphatic carboxylic acids is 1. The molecule has 1 aliphatic rings.